The molecule has 2 aromatic rings. The monoisotopic (exact) mass is 536 g/mol. The summed E-state index contributed by atoms with van der Waals surface area (Å²) >= 11 is 0. The van der Waals surface area contributed by atoms with Gasteiger partial charge in [0.25, 0.3) is 5.91 Å². The Kier molecular flexibility index (Phi) is 10.1. The molecule has 1 heterocycles. The van der Waals surface area contributed by atoms with Crippen LogP contribution in [0.4, 0.5) is 4.39 Å². The van der Waals surface area contributed by atoms with Crippen molar-refractivity contribution in [3.8, 4) is 0 Å². The Balaban J connectivity index is 1.53. The topological polar surface area (TPSA) is 78.7 Å². The Morgan fingerprint density at radius 1 is 1.08 bits per heavy atom. The van der Waals surface area contributed by atoms with Crippen LogP contribution in [0.2, 0.25) is 0 Å². The van der Waals surface area contributed by atoms with E-state index in [1.54, 1.807) is 4.90 Å². The molecule has 0 spiro atoms. The van der Waals surface area contributed by atoms with Gasteiger partial charge in [-0.2, -0.15) is 0 Å². The fraction of sp³-hybridized carbons (Fsp3) is 0.562. The van der Waals surface area contributed by atoms with Crippen molar-refractivity contribution >= 4 is 11.8 Å². The van der Waals surface area contributed by atoms with Crippen LogP contribution in [-0.2, 0) is 11.3 Å². The number of aryl methyl sites for hydroxylation is 1. The molecule has 0 bridgehead atoms. The van der Waals surface area contributed by atoms with Gasteiger partial charge in [-0.1, -0.05) is 44.5 Å². The highest BCUT2D eigenvalue weighted by atomic mass is 19.1. The molecule has 0 aromatic heterocycles. The number of nitrogens with one attached hydrogen (secondary N) is 1. The van der Waals surface area contributed by atoms with Crippen molar-refractivity contribution in [3.05, 3.63) is 71.0 Å². The van der Waals surface area contributed by atoms with E-state index in [0.29, 0.717) is 49.4 Å². The molecule has 2 fully saturated rings. The first-order valence-corrected chi connectivity index (χ1v) is 14.6. The normalized spacial score (nSPS) is 23.4. The third-order valence-corrected chi connectivity index (χ3v) is 8.47. The maximum Gasteiger partial charge on any atom is 0.254 e. The molecule has 4 atom stereocenters. The van der Waals surface area contributed by atoms with Gasteiger partial charge < -0.3 is 16.0 Å². The zero-order valence-corrected chi connectivity index (χ0v) is 23.7. The fourth-order valence-electron chi connectivity index (χ4n) is 6.29. The van der Waals surface area contributed by atoms with Gasteiger partial charge >= 0.3 is 0 Å². The van der Waals surface area contributed by atoms with E-state index in [9.17, 15) is 14.0 Å². The van der Waals surface area contributed by atoms with E-state index in [2.05, 4.69) is 49.2 Å². The van der Waals surface area contributed by atoms with Gasteiger partial charge in [0.1, 0.15) is 11.9 Å². The molecule has 7 heteroatoms. The van der Waals surface area contributed by atoms with Gasteiger partial charge in [0.05, 0.1) is 0 Å². The van der Waals surface area contributed by atoms with E-state index in [-0.39, 0.29) is 23.7 Å². The molecule has 2 amide bonds. The van der Waals surface area contributed by atoms with Crippen LogP contribution < -0.4 is 11.1 Å². The second kappa shape index (κ2) is 13.5. The molecule has 4 unspecified atom stereocenters. The molecule has 0 radical (unpaired) electrons. The number of benzene rings is 2. The van der Waals surface area contributed by atoms with E-state index in [1.165, 1.54) is 35.4 Å². The van der Waals surface area contributed by atoms with E-state index in [1.807, 2.05) is 6.07 Å². The van der Waals surface area contributed by atoms with Gasteiger partial charge in [-0.3, -0.25) is 14.5 Å². The summed E-state index contributed by atoms with van der Waals surface area (Å²) in [5, 5.41) is 3.19. The molecular weight excluding hydrogens is 491 g/mol. The van der Waals surface area contributed by atoms with Crippen LogP contribution in [0.5, 0.6) is 0 Å². The molecule has 6 nitrogen and oxygen atoms in total. The number of nitrogens with two attached hydrogens (primary N) is 1. The average Bonchev–Trinajstić information content (AvgIpc) is 3.38. The van der Waals surface area contributed by atoms with E-state index in [0.717, 1.165) is 38.8 Å². The van der Waals surface area contributed by atoms with Crippen LogP contribution in [0.25, 0.3) is 0 Å². The number of amides is 2. The average molecular weight is 537 g/mol. The Hall–Kier alpha value is -2.77. The predicted molar refractivity (Wildman–Crippen MR) is 154 cm³/mol. The van der Waals surface area contributed by atoms with Crippen molar-refractivity contribution in [2.75, 3.05) is 26.2 Å². The van der Waals surface area contributed by atoms with Gasteiger partial charge in [-0.15, -0.1) is 0 Å². The van der Waals surface area contributed by atoms with Gasteiger partial charge in [0.15, 0.2) is 0 Å². The standard InChI is InChI=1S/C32H45FN4O2/c1-22(2)19-36(20-27-10-5-4-7-23(27)3)29-16-30(31(38)35-18-25-9-6-8-24(15-25)17-34)37(21-29)32(39)26-11-13-28(33)14-12-26/h4-5,7,10-14,22,24-25,29-30H,6,8-9,15-21,34H2,1-3H3,(H,35,38). The molecule has 2 aliphatic rings. The summed E-state index contributed by atoms with van der Waals surface area (Å²) in [6, 6.07) is 13.5. The Bertz CT molecular complexity index is 1110. The summed E-state index contributed by atoms with van der Waals surface area (Å²) < 4.78 is 13.6. The number of rotatable bonds is 10. The van der Waals surface area contributed by atoms with Gasteiger partial charge in [-0.25, -0.2) is 4.39 Å². The van der Waals surface area contributed by atoms with Crippen LogP contribution in [0.15, 0.2) is 48.5 Å². The molecule has 1 aliphatic heterocycles. The highest BCUT2D eigenvalue weighted by molar-refractivity contribution is 5.98. The maximum absolute atomic E-state index is 13.7. The third kappa shape index (κ3) is 7.67. The Morgan fingerprint density at radius 2 is 1.79 bits per heavy atom. The van der Waals surface area contributed by atoms with Gasteiger partial charge in [0, 0.05) is 37.8 Å². The Labute approximate surface area is 233 Å². The minimum Gasteiger partial charge on any atom is -0.354 e. The van der Waals surface area contributed by atoms with E-state index in [4.69, 9.17) is 5.73 Å². The summed E-state index contributed by atoms with van der Waals surface area (Å²) in [7, 11) is 0. The lowest BCUT2D eigenvalue weighted by Crippen LogP contribution is -2.47. The largest absolute Gasteiger partial charge is 0.354 e. The highest BCUT2D eigenvalue weighted by Crippen LogP contribution is 2.30. The van der Waals surface area contributed by atoms with Gasteiger partial charge in [-0.05, 0) is 92.3 Å². The second-order valence-electron chi connectivity index (χ2n) is 12.0. The zero-order chi connectivity index (χ0) is 27.9. The number of carbonyl (C=O) groups is 2. The molecule has 2 aromatic carbocycles. The highest BCUT2D eigenvalue weighted by Gasteiger charge is 2.42. The lowest BCUT2D eigenvalue weighted by atomic mass is 9.81. The number of nitrogens with zero attached hydrogens (tertiary/aromatic N) is 2. The summed E-state index contributed by atoms with van der Waals surface area (Å²) in [5.41, 5.74) is 8.82. The van der Waals surface area contributed by atoms with E-state index >= 15 is 0 Å². The molecule has 1 saturated heterocycles. The molecular formula is C32H45FN4O2. The van der Waals surface area contributed by atoms with Gasteiger partial charge in [0.2, 0.25) is 5.91 Å². The first-order chi connectivity index (χ1) is 18.7. The van der Waals surface area contributed by atoms with Crippen molar-refractivity contribution in [2.45, 2.75) is 71.5 Å². The molecule has 212 valence electrons. The first-order valence-electron chi connectivity index (χ1n) is 14.6. The number of hydrogen-bond acceptors (Lipinski definition) is 4. The van der Waals surface area contributed by atoms with E-state index < -0.39 is 6.04 Å². The first kappa shape index (κ1) is 29.2. The maximum atomic E-state index is 13.7. The Morgan fingerprint density at radius 3 is 2.49 bits per heavy atom. The van der Waals surface area contributed by atoms with Crippen molar-refractivity contribution in [1.82, 2.24) is 15.1 Å². The number of likely N-dealkylation sites (tertiary alicyclic amines) is 1. The quantitative estimate of drug-likeness (QED) is 0.459. The van der Waals surface area contributed by atoms with Crippen LogP contribution in [-0.4, -0.2) is 59.9 Å². The SMILES string of the molecule is Cc1ccccc1CN(CC(C)C)C1CC(C(=O)NCC2CCCC(CN)C2)N(C(=O)c2ccc(F)cc2)C1. The summed E-state index contributed by atoms with van der Waals surface area (Å²) in [5.74, 6) is 0.684. The number of hydrogen-bond donors (Lipinski definition) is 2. The third-order valence-electron chi connectivity index (χ3n) is 8.47. The van der Waals surface area contributed by atoms with Crippen molar-refractivity contribution < 1.29 is 14.0 Å². The molecule has 4 rings (SSSR count). The lowest BCUT2D eigenvalue weighted by molar-refractivity contribution is -0.125. The minimum absolute atomic E-state index is 0.0449. The number of carbonyl (C=O) groups excluding carboxylic acids is 2. The molecule has 39 heavy (non-hydrogen) atoms. The molecule has 3 N–H and O–H groups in total. The van der Waals surface area contributed by atoms with Crippen LogP contribution in [0, 0.1) is 30.5 Å². The smallest absolute Gasteiger partial charge is 0.254 e. The summed E-state index contributed by atoms with van der Waals surface area (Å²) in [6.07, 6.45) is 5.03. The fourth-order valence-corrected chi connectivity index (χ4v) is 6.29. The van der Waals surface area contributed by atoms with Crippen molar-refractivity contribution in [1.29, 1.82) is 0 Å². The lowest BCUT2D eigenvalue weighted by Gasteiger charge is -2.31. The van der Waals surface area contributed by atoms with Crippen molar-refractivity contribution in [2.24, 2.45) is 23.5 Å². The number of halogens is 1. The molecule has 1 aliphatic carbocycles. The predicted octanol–water partition coefficient (Wildman–Crippen LogP) is 4.76. The zero-order valence-electron chi connectivity index (χ0n) is 23.7. The van der Waals surface area contributed by atoms with Crippen LogP contribution in [0.1, 0.15) is 67.4 Å². The minimum atomic E-state index is -0.562. The van der Waals surface area contributed by atoms with Crippen LogP contribution >= 0.6 is 0 Å². The summed E-state index contributed by atoms with van der Waals surface area (Å²) in [4.78, 5) is 31.4. The molecule has 1 saturated carbocycles. The summed E-state index contributed by atoms with van der Waals surface area (Å²) in [6.45, 7) is 9.94. The second-order valence-corrected chi connectivity index (χ2v) is 12.0. The van der Waals surface area contributed by atoms with Crippen molar-refractivity contribution in [3.63, 3.8) is 0 Å². The van der Waals surface area contributed by atoms with Crippen LogP contribution in [0.3, 0.4) is 0 Å².